The van der Waals surface area contributed by atoms with Gasteiger partial charge in [-0.2, -0.15) is 0 Å². The van der Waals surface area contributed by atoms with E-state index in [1.807, 2.05) is 42.5 Å². The molecular formula is C22H20ClN3O3. The number of hydrogen-bond acceptors (Lipinski definition) is 4. The van der Waals surface area contributed by atoms with Gasteiger partial charge in [0.05, 0.1) is 18.5 Å². The fraction of sp³-hybridized carbons (Fsp3) is 0.182. The van der Waals surface area contributed by atoms with E-state index < -0.39 is 0 Å². The number of rotatable bonds is 6. The molecule has 0 unspecified atom stereocenters. The number of carbonyl (C=O) groups is 1. The largest absolute Gasteiger partial charge is 0.493 e. The van der Waals surface area contributed by atoms with Crippen LogP contribution in [0.1, 0.15) is 0 Å². The minimum Gasteiger partial charge on any atom is -0.493 e. The van der Waals surface area contributed by atoms with Gasteiger partial charge in [-0.1, -0.05) is 17.7 Å². The fourth-order valence-corrected chi connectivity index (χ4v) is 3.09. The summed E-state index contributed by atoms with van der Waals surface area (Å²) in [4.78, 5) is 17.9. The zero-order chi connectivity index (χ0) is 20.1. The molecule has 1 fully saturated rings. The molecule has 0 saturated carbocycles. The molecule has 3 aromatic rings. The maximum absolute atomic E-state index is 12.2. The Kier molecular flexibility index (Phi) is 5.81. The zero-order valence-electron chi connectivity index (χ0n) is 15.6. The average Bonchev–Trinajstić information content (AvgIpc) is 2.70. The highest BCUT2D eigenvalue weighted by Gasteiger charge is 2.31. The van der Waals surface area contributed by atoms with Crippen molar-refractivity contribution in [2.45, 2.75) is 0 Å². The van der Waals surface area contributed by atoms with E-state index in [1.54, 1.807) is 35.5 Å². The SMILES string of the molecule is O=C(Nc1cccnc1)N1CC(COc2cccc(Oc3ccc(Cl)cc3)c2)C1. The number of anilines is 1. The van der Waals surface area contributed by atoms with Crippen molar-refractivity contribution in [1.29, 1.82) is 0 Å². The maximum atomic E-state index is 12.2. The van der Waals surface area contributed by atoms with E-state index in [0.29, 0.717) is 47.8 Å². The molecule has 0 radical (unpaired) electrons. The second kappa shape index (κ2) is 8.84. The highest BCUT2D eigenvalue weighted by atomic mass is 35.5. The molecule has 0 spiro atoms. The molecule has 7 heteroatoms. The predicted octanol–water partition coefficient (Wildman–Crippen LogP) is 5.07. The van der Waals surface area contributed by atoms with Gasteiger partial charge in [-0.25, -0.2) is 4.79 Å². The van der Waals surface area contributed by atoms with Crippen LogP contribution in [0.5, 0.6) is 17.2 Å². The summed E-state index contributed by atoms with van der Waals surface area (Å²) in [6, 6.07) is 18.2. The fourth-order valence-electron chi connectivity index (χ4n) is 2.96. The lowest BCUT2D eigenvalue weighted by molar-refractivity contribution is 0.0924. The Morgan fingerprint density at radius 1 is 1.07 bits per heavy atom. The number of nitrogens with zero attached hydrogens (tertiary/aromatic N) is 2. The normalized spacial score (nSPS) is 13.5. The quantitative estimate of drug-likeness (QED) is 0.617. The van der Waals surface area contributed by atoms with Crippen LogP contribution in [0.2, 0.25) is 5.02 Å². The van der Waals surface area contributed by atoms with Crippen molar-refractivity contribution in [2.24, 2.45) is 5.92 Å². The van der Waals surface area contributed by atoms with Crippen LogP contribution in [-0.2, 0) is 0 Å². The maximum Gasteiger partial charge on any atom is 0.321 e. The smallest absolute Gasteiger partial charge is 0.321 e. The number of halogens is 1. The summed E-state index contributed by atoms with van der Waals surface area (Å²) in [6.07, 6.45) is 3.29. The van der Waals surface area contributed by atoms with E-state index in [1.165, 1.54) is 0 Å². The van der Waals surface area contributed by atoms with E-state index in [4.69, 9.17) is 21.1 Å². The highest BCUT2D eigenvalue weighted by molar-refractivity contribution is 6.30. The standard InChI is InChI=1S/C22H20ClN3O3/c23-17-6-8-19(9-7-17)29-21-5-1-4-20(11-21)28-15-16-13-26(14-16)22(27)25-18-3-2-10-24-12-18/h1-12,16H,13-15H2,(H,25,27). The van der Waals surface area contributed by atoms with E-state index >= 15 is 0 Å². The first-order chi connectivity index (χ1) is 14.2. The van der Waals surface area contributed by atoms with Gasteiger partial charge in [0, 0.05) is 36.3 Å². The molecule has 1 N–H and O–H groups in total. The first-order valence-corrected chi connectivity index (χ1v) is 9.66. The molecule has 1 aliphatic heterocycles. The molecular weight excluding hydrogens is 390 g/mol. The Labute approximate surface area is 174 Å². The van der Waals surface area contributed by atoms with Crippen molar-refractivity contribution in [3.8, 4) is 17.2 Å². The van der Waals surface area contributed by atoms with Crippen LogP contribution < -0.4 is 14.8 Å². The number of pyridine rings is 1. The number of aromatic nitrogens is 1. The average molecular weight is 410 g/mol. The predicted molar refractivity (Wildman–Crippen MR) is 112 cm³/mol. The van der Waals surface area contributed by atoms with Crippen LogP contribution in [0.4, 0.5) is 10.5 Å². The van der Waals surface area contributed by atoms with Gasteiger partial charge in [0.2, 0.25) is 0 Å². The molecule has 0 aliphatic carbocycles. The Balaban J connectivity index is 1.23. The van der Waals surface area contributed by atoms with Crippen LogP contribution in [0.15, 0.2) is 73.1 Å². The van der Waals surface area contributed by atoms with Gasteiger partial charge in [-0.15, -0.1) is 0 Å². The Bertz CT molecular complexity index is 961. The number of ether oxygens (including phenoxy) is 2. The monoisotopic (exact) mass is 409 g/mol. The third kappa shape index (κ3) is 5.18. The number of benzene rings is 2. The number of urea groups is 1. The van der Waals surface area contributed by atoms with Gasteiger partial charge in [0.15, 0.2) is 0 Å². The number of hydrogen-bond donors (Lipinski definition) is 1. The lowest BCUT2D eigenvalue weighted by Gasteiger charge is -2.38. The van der Waals surface area contributed by atoms with Gasteiger partial charge in [0.25, 0.3) is 0 Å². The van der Waals surface area contributed by atoms with Crippen molar-refractivity contribution in [1.82, 2.24) is 9.88 Å². The summed E-state index contributed by atoms with van der Waals surface area (Å²) in [7, 11) is 0. The number of likely N-dealkylation sites (tertiary alicyclic amines) is 1. The molecule has 1 aliphatic rings. The lowest BCUT2D eigenvalue weighted by atomic mass is 10.0. The summed E-state index contributed by atoms with van der Waals surface area (Å²) < 4.78 is 11.7. The summed E-state index contributed by atoms with van der Waals surface area (Å²) in [5.74, 6) is 2.43. The minimum absolute atomic E-state index is 0.118. The van der Waals surface area contributed by atoms with Crippen LogP contribution >= 0.6 is 11.6 Å². The van der Waals surface area contributed by atoms with Crippen molar-refractivity contribution in [3.05, 3.63) is 78.1 Å². The van der Waals surface area contributed by atoms with Crippen LogP contribution in [0.25, 0.3) is 0 Å². The molecule has 4 rings (SSSR count). The molecule has 1 aromatic heterocycles. The van der Waals surface area contributed by atoms with Crippen LogP contribution in [0, 0.1) is 5.92 Å². The summed E-state index contributed by atoms with van der Waals surface area (Å²) >= 11 is 5.89. The molecule has 2 aromatic carbocycles. The van der Waals surface area contributed by atoms with Gasteiger partial charge in [-0.05, 0) is 48.5 Å². The van der Waals surface area contributed by atoms with Crippen molar-refractivity contribution in [3.63, 3.8) is 0 Å². The molecule has 6 nitrogen and oxygen atoms in total. The number of nitrogens with one attached hydrogen (secondary N) is 1. The third-order valence-corrected chi connectivity index (χ3v) is 4.75. The summed E-state index contributed by atoms with van der Waals surface area (Å²) in [5.41, 5.74) is 0.690. The first kappa shape index (κ1) is 19.1. The molecule has 148 valence electrons. The second-order valence-electron chi connectivity index (χ2n) is 6.78. The zero-order valence-corrected chi connectivity index (χ0v) is 16.4. The first-order valence-electron chi connectivity index (χ1n) is 9.28. The Morgan fingerprint density at radius 2 is 1.86 bits per heavy atom. The molecule has 29 heavy (non-hydrogen) atoms. The van der Waals surface area contributed by atoms with Crippen molar-refractivity contribution in [2.75, 3.05) is 25.0 Å². The van der Waals surface area contributed by atoms with Gasteiger partial charge in [-0.3, -0.25) is 4.98 Å². The lowest BCUT2D eigenvalue weighted by Crippen LogP contribution is -2.53. The molecule has 2 amide bonds. The van der Waals surface area contributed by atoms with E-state index in [0.717, 1.165) is 5.75 Å². The van der Waals surface area contributed by atoms with Crippen molar-refractivity contribution < 1.29 is 14.3 Å². The van der Waals surface area contributed by atoms with Gasteiger partial charge >= 0.3 is 6.03 Å². The highest BCUT2D eigenvalue weighted by Crippen LogP contribution is 2.27. The second-order valence-corrected chi connectivity index (χ2v) is 7.22. The van der Waals surface area contributed by atoms with Crippen LogP contribution in [0.3, 0.4) is 0 Å². The van der Waals surface area contributed by atoms with E-state index in [9.17, 15) is 4.79 Å². The van der Waals surface area contributed by atoms with E-state index in [-0.39, 0.29) is 6.03 Å². The molecule has 2 heterocycles. The molecule has 1 saturated heterocycles. The van der Waals surface area contributed by atoms with Gasteiger partial charge < -0.3 is 19.7 Å². The number of carbonyl (C=O) groups excluding carboxylic acids is 1. The Morgan fingerprint density at radius 3 is 2.62 bits per heavy atom. The van der Waals surface area contributed by atoms with Crippen molar-refractivity contribution >= 4 is 23.3 Å². The van der Waals surface area contributed by atoms with E-state index in [2.05, 4.69) is 10.3 Å². The summed E-state index contributed by atoms with van der Waals surface area (Å²) in [5, 5.41) is 3.50. The topological polar surface area (TPSA) is 63.7 Å². The number of amides is 2. The van der Waals surface area contributed by atoms with Gasteiger partial charge in [0.1, 0.15) is 17.2 Å². The molecule has 0 bridgehead atoms. The summed E-state index contributed by atoms with van der Waals surface area (Å²) in [6.45, 7) is 1.86. The van der Waals surface area contributed by atoms with Crippen LogP contribution in [-0.4, -0.2) is 35.6 Å². The third-order valence-electron chi connectivity index (χ3n) is 4.50. The minimum atomic E-state index is -0.118. The Hall–Kier alpha value is -3.25. The molecule has 0 atom stereocenters.